The van der Waals surface area contributed by atoms with E-state index in [0.29, 0.717) is 29.2 Å². The van der Waals surface area contributed by atoms with Crippen LogP contribution in [0.2, 0.25) is 5.02 Å². The summed E-state index contributed by atoms with van der Waals surface area (Å²) in [4.78, 5) is 23.0. The zero-order valence-electron chi connectivity index (χ0n) is 15.0. The highest BCUT2D eigenvalue weighted by molar-refractivity contribution is 7.19. The Bertz CT molecular complexity index is 837. The summed E-state index contributed by atoms with van der Waals surface area (Å²) < 4.78 is 0. The van der Waals surface area contributed by atoms with Crippen molar-refractivity contribution in [1.29, 1.82) is 0 Å². The van der Waals surface area contributed by atoms with Crippen molar-refractivity contribution in [2.75, 3.05) is 25.5 Å². The number of amides is 1. The van der Waals surface area contributed by atoms with Gasteiger partial charge in [-0.25, -0.2) is 4.98 Å². The van der Waals surface area contributed by atoms with Gasteiger partial charge in [-0.15, -0.1) is 0 Å². The second-order valence-corrected chi connectivity index (χ2v) is 8.74. The Morgan fingerprint density at radius 2 is 2.23 bits per heavy atom. The summed E-state index contributed by atoms with van der Waals surface area (Å²) in [5.41, 5.74) is 7.46. The molecule has 3 atom stereocenters. The highest BCUT2D eigenvalue weighted by Gasteiger charge is 2.48. The van der Waals surface area contributed by atoms with Crippen LogP contribution < -0.4 is 10.6 Å². The van der Waals surface area contributed by atoms with Gasteiger partial charge in [0.1, 0.15) is 5.69 Å². The van der Waals surface area contributed by atoms with Gasteiger partial charge in [0.15, 0.2) is 5.13 Å². The number of fused-ring (bicyclic) bond motifs is 2. The first kappa shape index (κ1) is 17.8. The Labute approximate surface area is 162 Å². The maximum Gasteiger partial charge on any atom is 0.274 e. The zero-order chi connectivity index (χ0) is 18.4. The third kappa shape index (κ3) is 2.90. The molecule has 2 heterocycles. The molecular weight excluding hydrogens is 368 g/mol. The average Bonchev–Trinajstić information content (AvgIpc) is 3.34. The van der Waals surface area contributed by atoms with Crippen LogP contribution in [0.3, 0.4) is 0 Å². The fourth-order valence-corrected chi connectivity index (χ4v) is 5.47. The number of hydrogen-bond donors (Lipinski definition) is 1. The topological polar surface area (TPSA) is 62.5 Å². The van der Waals surface area contributed by atoms with Gasteiger partial charge in [0.05, 0.1) is 4.88 Å². The molecule has 2 fully saturated rings. The van der Waals surface area contributed by atoms with Gasteiger partial charge in [-0.3, -0.25) is 4.79 Å². The number of likely N-dealkylation sites (tertiary alicyclic amines) is 1. The van der Waals surface area contributed by atoms with E-state index in [1.54, 1.807) is 0 Å². The molecule has 5 nitrogen and oxygen atoms in total. The zero-order valence-corrected chi connectivity index (χ0v) is 16.6. The van der Waals surface area contributed by atoms with E-state index in [2.05, 4.69) is 4.98 Å². The molecule has 1 aliphatic carbocycles. The van der Waals surface area contributed by atoms with Gasteiger partial charge in [-0.1, -0.05) is 35.1 Å². The lowest BCUT2D eigenvalue weighted by atomic mass is 9.98. The largest absolute Gasteiger partial charge is 0.354 e. The minimum atomic E-state index is 0.00646. The summed E-state index contributed by atoms with van der Waals surface area (Å²) in [5, 5.41) is 1.47. The van der Waals surface area contributed by atoms with Gasteiger partial charge in [-0.05, 0) is 42.9 Å². The molecule has 2 aromatic rings. The molecule has 1 saturated carbocycles. The van der Waals surface area contributed by atoms with Crippen molar-refractivity contribution in [3.8, 4) is 10.4 Å². The van der Waals surface area contributed by atoms with Crippen LogP contribution in [-0.4, -0.2) is 48.5 Å². The Balaban J connectivity index is 1.77. The molecule has 26 heavy (non-hydrogen) atoms. The Morgan fingerprint density at radius 1 is 1.42 bits per heavy atom. The van der Waals surface area contributed by atoms with Crippen LogP contribution >= 0.6 is 22.9 Å². The lowest BCUT2D eigenvalue weighted by molar-refractivity contribution is 0.0598. The van der Waals surface area contributed by atoms with Crippen LogP contribution in [0.5, 0.6) is 0 Å². The molecule has 138 valence electrons. The second-order valence-electron chi connectivity index (χ2n) is 7.32. The number of benzene rings is 1. The Morgan fingerprint density at radius 3 is 2.92 bits per heavy atom. The van der Waals surface area contributed by atoms with E-state index in [4.69, 9.17) is 17.3 Å². The van der Waals surface area contributed by atoms with E-state index in [1.807, 2.05) is 48.2 Å². The first-order chi connectivity index (χ1) is 12.5. The number of nitrogens with two attached hydrogens (primary N) is 1. The van der Waals surface area contributed by atoms with Gasteiger partial charge in [-0.2, -0.15) is 0 Å². The normalized spacial score (nSPS) is 24.3. The van der Waals surface area contributed by atoms with E-state index >= 15 is 0 Å². The molecule has 1 aromatic heterocycles. The molecule has 7 heteroatoms. The van der Waals surface area contributed by atoms with E-state index in [0.717, 1.165) is 28.4 Å². The van der Waals surface area contributed by atoms with Crippen LogP contribution in [0.1, 0.15) is 29.8 Å². The molecule has 2 N–H and O–H groups in total. The highest BCUT2D eigenvalue weighted by atomic mass is 35.5. The van der Waals surface area contributed by atoms with Gasteiger partial charge in [0.2, 0.25) is 0 Å². The monoisotopic (exact) mass is 390 g/mol. The molecule has 2 aliphatic rings. The van der Waals surface area contributed by atoms with E-state index < -0.39 is 0 Å². The van der Waals surface area contributed by atoms with Gasteiger partial charge >= 0.3 is 0 Å². The van der Waals surface area contributed by atoms with Crippen LogP contribution in [0.15, 0.2) is 24.3 Å². The minimum Gasteiger partial charge on any atom is -0.354 e. The molecule has 1 aliphatic heterocycles. The smallest absolute Gasteiger partial charge is 0.274 e. The fourth-order valence-electron chi connectivity index (χ4n) is 4.31. The summed E-state index contributed by atoms with van der Waals surface area (Å²) in [6, 6.07) is 8.05. The Kier molecular flexibility index (Phi) is 4.67. The maximum atomic E-state index is 13.5. The number of carbonyl (C=O) groups excluding carboxylic acids is 1. The number of rotatable bonds is 4. The van der Waals surface area contributed by atoms with Crippen molar-refractivity contribution < 1.29 is 4.79 Å². The molecular formula is C19H23ClN4OS. The predicted octanol–water partition coefficient (Wildman–Crippen LogP) is 3.48. The molecule has 0 unspecified atom stereocenters. The highest BCUT2D eigenvalue weighted by Crippen LogP contribution is 2.44. The van der Waals surface area contributed by atoms with Gasteiger partial charge < -0.3 is 15.5 Å². The van der Waals surface area contributed by atoms with E-state index in [9.17, 15) is 4.79 Å². The average molecular weight is 391 g/mol. The third-order valence-corrected chi connectivity index (χ3v) is 7.01. The summed E-state index contributed by atoms with van der Waals surface area (Å²) in [6.45, 7) is 0.518. The number of nitrogens with zero attached hydrogens (tertiary/aromatic N) is 3. The predicted molar refractivity (Wildman–Crippen MR) is 107 cm³/mol. The van der Waals surface area contributed by atoms with Crippen molar-refractivity contribution in [3.05, 3.63) is 35.0 Å². The first-order valence-corrected chi connectivity index (χ1v) is 10.2. The lowest BCUT2D eigenvalue weighted by Gasteiger charge is -2.34. The molecule has 0 spiro atoms. The lowest BCUT2D eigenvalue weighted by Crippen LogP contribution is -2.48. The summed E-state index contributed by atoms with van der Waals surface area (Å²) in [7, 11) is 3.88. The fraction of sp³-hybridized carbons (Fsp3) is 0.474. The maximum absolute atomic E-state index is 13.5. The molecule has 1 aromatic carbocycles. The molecule has 2 bridgehead atoms. The van der Waals surface area contributed by atoms with Crippen molar-refractivity contribution in [2.45, 2.75) is 31.3 Å². The van der Waals surface area contributed by atoms with Gasteiger partial charge in [0, 0.05) is 37.7 Å². The van der Waals surface area contributed by atoms with E-state index in [-0.39, 0.29) is 11.9 Å². The van der Waals surface area contributed by atoms with E-state index in [1.165, 1.54) is 17.8 Å². The number of anilines is 1. The molecule has 1 amide bonds. The minimum absolute atomic E-state index is 0.00646. The quantitative estimate of drug-likeness (QED) is 0.868. The molecule has 0 radical (unpaired) electrons. The third-order valence-electron chi connectivity index (χ3n) is 5.50. The first-order valence-electron chi connectivity index (χ1n) is 8.96. The number of hydrogen-bond acceptors (Lipinski definition) is 5. The number of piperidine rings is 1. The number of aromatic nitrogens is 1. The van der Waals surface area contributed by atoms with Crippen molar-refractivity contribution in [3.63, 3.8) is 0 Å². The van der Waals surface area contributed by atoms with Gasteiger partial charge in [0.25, 0.3) is 5.91 Å². The number of thiazole rings is 1. The van der Waals surface area contributed by atoms with Crippen molar-refractivity contribution in [1.82, 2.24) is 9.88 Å². The molecule has 4 rings (SSSR count). The molecule has 1 saturated heterocycles. The van der Waals surface area contributed by atoms with Crippen LogP contribution in [0.4, 0.5) is 5.13 Å². The van der Waals surface area contributed by atoms with Crippen LogP contribution in [0, 0.1) is 5.92 Å². The summed E-state index contributed by atoms with van der Waals surface area (Å²) in [5.74, 6) is 0.544. The summed E-state index contributed by atoms with van der Waals surface area (Å²) >= 11 is 7.70. The summed E-state index contributed by atoms with van der Waals surface area (Å²) in [6.07, 6.45) is 3.33. The number of carbonyl (C=O) groups is 1. The number of halogens is 1. The second kappa shape index (κ2) is 6.83. The standard InChI is InChI=1S/C19H23ClN4OS/c1-23(2)19-22-16(17(26-19)12-4-3-5-13(20)8-12)18(25)24-14-7-6-11(9-14)15(24)10-21/h3-5,8,11,14-15H,6-7,9-10,21H2,1-2H3/t11-,14+,15-/m0/s1. The van der Waals surface area contributed by atoms with Crippen molar-refractivity contribution in [2.24, 2.45) is 11.7 Å². The Hall–Kier alpha value is -1.63. The SMILES string of the molecule is CN(C)c1nc(C(=O)N2[C@@H]3CC[C@@H](C3)[C@@H]2CN)c(-c2cccc(Cl)c2)s1. The van der Waals surface area contributed by atoms with Crippen LogP contribution in [-0.2, 0) is 0 Å². The van der Waals surface area contributed by atoms with Crippen molar-refractivity contribution >= 4 is 34.0 Å². The van der Waals surface area contributed by atoms with Crippen LogP contribution in [0.25, 0.3) is 10.4 Å².